The molecule has 2 rings (SSSR count). The standard InChI is InChI=1S/C16H25NO2/c1-15(2,3)16(9-6-10-17-16)13-11-12(18-4)7-8-14(13)19-5/h7-8,11,17H,6,9-10H2,1-5H3. The predicted octanol–water partition coefficient (Wildman–Crippen LogP) is 3.33. The van der Waals surface area contributed by atoms with Crippen molar-refractivity contribution in [2.24, 2.45) is 5.41 Å². The Morgan fingerprint density at radius 3 is 2.37 bits per heavy atom. The van der Waals surface area contributed by atoms with Crippen LogP contribution in [0, 0.1) is 5.41 Å². The van der Waals surface area contributed by atoms with Gasteiger partial charge in [-0.25, -0.2) is 0 Å². The fourth-order valence-corrected chi connectivity index (χ4v) is 3.17. The molecular formula is C16H25NO2. The van der Waals surface area contributed by atoms with Gasteiger partial charge in [-0.1, -0.05) is 20.8 Å². The van der Waals surface area contributed by atoms with Crippen LogP contribution in [0.4, 0.5) is 0 Å². The number of ether oxygens (including phenoxy) is 2. The van der Waals surface area contributed by atoms with Gasteiger partial charge in [0, 0.05) is 5.56 Å². The van der Waals surface area contributed by atoms with Crippen LogP contribution in [0.25, 0.3) is 0 Å². The van der Waals surface area contributed by atoms with Crippen LogP contribution in [-0.2, 0) is 5.54 Å². The van der Waals surface area contributed by atoms with E-state index in [9.17, 15) is 0 Å². The SMILES string of the molecule is COc1ccc(OC)c(C2(C(C)(C)C)CCCN2)c1. The van der Waals surface area contributed by atoms with E-state index in [4.69, 9.17) is 9.47 Å². The molecule has 3 heteroatoms. The Bertz CT molecular complexity index is 443. The lowest BCUT2D eigenvalue weighted by Crippen LogP contribution is -2.48. The lowest BCUT2D eigenvalue weighted by Gasteiger charge is -2.43. The Labute approximate surface area is 116 Å². The van der Waals surface area contributed by atoms with Gasteiger partial charge in [0.2, 0.25) is 0 Å². The summed E-state index contributed by atoms with van der Waals surface area (Å²) in [7, 11) is 3.44. The molecule has 0 spiro atoms. The van der Waals surface area contributed by atoms with Crippen molar-refractivity contribution in [1.82, 2.24) is 5.32 Å². The van der Waals surface area contributed by atoms with Gasteiger partial charge < -0.3 is 14.8 Å². The van der Waals surface area contributed by atoms with Gasteiger partial charge in [0.15, 0.2) is 0 Å². The third-order valence-corrected chi connectivity index (χ3v) is 4.30. The van der Waals surface area contributed by atoms with Crippen LogP contribution >= 0.6 is 0 Å². The van der Waals surface area contributed by atoms with E-state index in [2.05, 4.69) is 32.2 Å². The zero-order valence-corrected chi connectivity index (χ0v) is 12.7. The van der Waals surface area contributed by atoms with Gasteiger partial charge in [0.25, 0.3) is 0 Å². The van der Waals surface area contributed by atoms with Crippen LogP contribution in [0.1, 0.15) is 39.2 Å². The van der Waals surface area contributed by atoms with E-state index in [0.29, 0.717) is 0 Å². The van der Waals surface area contributed by atoms with Crippen LogP contribution in [0.2, 0.25) is 0 Å². The largest absolute Gasteiger partial charge is 0.497 e. The van der Waals surface area contributed by atoms with E-state index in [1.54, 1.807) is 14.2 Å². The minimum atomic E-state index is -0.0487. The Hall–Kier alpha value is -1.22. The predicted molar refractivity (Wildman–Crippen MR) is 77.9 cm³/mol. The molecule has 1 aliphatic heterocycles. The Morgan fingerprint density at radius 2 is 1.89 bits per heavy atom. The molecule has 1 N–H and O–H groups in total. The highest BCUT2D eigenvalue weighted by Gasteiger charge is 2.47. The molecule has 1 unspecified atom stereocenters. The van der Waals surface area contributed by atoms with E-state index < -0.39 is 0 Å². The highest BCUT2D eigenvalue weighted by atomic mass is 16.5. The smallest absolute Gasteiger partial charge is 0.124 e. The summed E-state index contributed by atoms with van der Waals surface area (Å²) in [5.74, 6) is 1.82. The second kappa shape index (κ2) is 5.04. The van der Waals surface area contributed by atoms with Gasteiger partial charge in [-0.05, 0) is 43.0 Å². The zero-order chi connectivity index (χ0) is 14.1. The molecule has 1 atom stereocenters. The molecule has 106 valence electrons. The number of benzene rings is 1. The summed E-state index contributed by atoms with van der Waals surface area (Å²) in [5.41, 5.74) is 1.27. The van der Waals surface area contributed by atoms with Crippen molar-refractivity contribution in [3.05, 3.63) is 23.8 Å². The molecule has 3 nitrogen and oxygen atoms in total. The summed E-state index contributed by atoms with van der Waals surface area (Å²) in [5, 5.41) is 3.72. The fraction of sp³-hybridized carbons (Fsp3) is 0.625. The molecule has 1 aliphatic rings. The lowest BCUT2D eigenvalue weighted by molar-refractivity contribution is 0.155. The molecule has 0 saturated carbocycles. The van der Waals surface area contributed by atoms with Crippen molar-refractivity contribution in [2.45, 2.75) is 39.2 Å². The first kappa shape index (κ1) is 14.2. The quantitative estimate of drug-likeness (QED) is 0.907. The summed E-state index contributed by atoms with van der Waals surface area (Å²) in [6.45, 7) is 7.90. The molecule has 0 bridgehead atoms. The van der Waals surface area contributed by atoms with Crippen molar-refractivity contribution >= 4 is 0 Å². The lowest BCUT2D eigenvalue weighted by atomic mass is 9.68. The highest BCUT2D eigenvalue weighted by molar-refractivity contribution is 5.46. The molecule has 1 fully saturated rings. The summed E-state index contributed by atoms with van der Waals surface area (Å²) in [6.07, 6.45) is 2.32. The zero-order valence-electron chi connectivity index (χ0n) is 12.7. The van der Waals surface area contributed by atoms with Crippen molar-refractivity contribution in [3.63, 3.8) is 0 Å². The second-order valence-electron chi connectivity index (χ2n) is 6.25. The maximum atomic E-state index is 5.58. The summed E-state index contributed by atoms with van der Waals surface area (Å²) >= 11 is 0. The van der Waals surface area contributed by atoms with Crippen LogP contribution in [0.3, 0.4) is 0 Å². The van der Waals surface area contributed by atoms with Gasteiger partial charge in [-0.3, -0.25) is 0 Å². The number of methoxy groups -OCH3 is 2. The van der Waals surface area contributed by atoms with Gasteiger partial charge in [-0.2, -0.15) is 0 Å². The number of rotatable bonds is 3. The topological polar surface area (TPSA) is 30.5 Å². The van der Waals surface area contributed by atoms with E-state index >= 15 is 0 Å². The fourth-order valence-electron chi connectivity index (χ4n) is 3.17. The molecule has 1 aromatic carbocycles. The maximum absolute atomic E-state index is 5.58. The first-order chi connectivity index (χ1) is 8.94. The van der Waals surface area contributed by atoms with Crippen molar-refractivity contribution in [2.75, 3.05) is 20.8 Å². The Balaban J connectivity index is 2.59. The van der Waals surface area contributed by atoms with Crippen molar-refractivity contribution in [3.8, 4) is 11.5 Å². The van der Waals surface area contributed by atoms with E-state index in [1.165, 1.54) is 12.0 Å². The van der Waals surface area contributed by atoms with Gasteiger partial charge >= 0.3 is 0 Å². The monoisotopic (exact) mass is 263 g/mol. The average Bonchev–Trinajstić information content (AvgIpc) is 2.88. The molecule has 1 heterocycles. The van der Waals surface area contributed by atoms with E-state index in [0.717, 1.165) is 24.5 Å². The van der Waals surface area contributed by atoms with Gasteiger partial charge in [0.05, 0.1) is 19.8 Å². The number of hydrogen-bond acceptors (Lipinski definition) is 3. The Kier molecular flexibility index (Phi) is 3.77. The van der Waals surface area contributed by atoms with Crippen LogP contribution in [-0.4, -0.2) is 20.8 Å². The molecule has 1 saturated heterocycles. The summed E-state index contributed by atoms with van der Waals surface area (Å²) in [6, 6.07) is 6.07. The Morgan fingerprint density at radius 1 is 1.16 bits per heavy atom. The van der Waals surface area contributed by atoms with E-state index in [-0.39, 0.29) is 11.0 Å². The van der Waals surface area contributed by atoms with E-state index in [1.807, 2.05) is 12.1 Å². The molecule has 0 aromatic heterocycles. The number of hydrogen-bond donors (Lipinski definition) is 1. The molecule has 0 radical (unpaired) electrons. The van der Waals surface area contributed by atoms with Crippen LogP contribution < -0.4 is 14.8 Å². The summed E-state index contributed by atoms with van der Waals surface area (Å²) in [4.78, 5) is 0. The summed E-state index contributed by atoms with van der Waals surface area (Å²) < 4.78 is 11.0. The molecule has 19 heavy (non-hydrogen) atoms. The third kappa shape index (κ3) is 2.32. The third-order valence-electron chi connectivity index (χ3n) is 4.30. The normalized spacial score (nSPS) is 23.4. The van der Waals surface area contributed by atoms with Crippen LogP contribution in [0.5, 0.6) is 11.5 Å². The minimum Gasteiger partial charge on any atom is -0.497 e. The van der Waals surface area contributed by atoms with Gasteiger partial charge in [-0.15, -0.1) is 0 Å². The maximum Gasteiger partial charge on any atom is 0.124 e. The second-order valence-corrected chi connectivity index (χ2v) is 6.25. The van der Waals surface area contributed by atoms with Gasteiger partial charge in [0.1, 0.15) is 11.5 Å². The van der Waals surface area contributed by atoms with Crippen LogP contribution in [0.15, 0.2) is 18.2 Å². The number of nitrogens with one attached hydrogen (secondary N) is 1. The molecule has 1 aromatic rings. The molecule has 0 aliphatic carbocycles. The first-order valence-corrected chi connectivity index (χ1v) is 6.92. The first-order valence-electron chi connectivity index (χ1n) is 6.92. The average molecular weight is 263 g/mol. The highest BCUT2D eigenvalue weighted by Crippen LogP contribution is 2.49. The minimum absolute atomic E-state index is 0.0487. The molecule has 0 amide bonds. The molecular weight excluding hydrogens is 238 g/mol. The van der Waals surface area contributed by atoms with Crippen molar-refractivity contribution in [1.29, 1.82) is 0 Å². The van der Waals surface area contributed by atoms with Crippen molar-refractivity contribution < 1.29 is 9.47 Å².